The van der Waals surface area contributed by atoms with Gasteiger partial charge in [0.05, 0.1) is 10.6 Å². The maximum atomic E-state index is 12.9. The number of nitrogens with zero attached hydrogens (tertiary/aromatic N) is 3. The number of nitrogens with one attached hydrogen (secondary N) is 1. The van der Waals surface area contributed by atoms with E-state index in [0.29, 0.717) is 25.2 Å². The molecule has 2 heterocycles. The first-order valence-corrected chi connectivity index (χ1v) is 9.63. The molecular formula is C17H22N4O3S. The van der Waals surface area contributed by atoms with Crippen LogP contribution in [0.4, 0.5) is 5.82 Å². The molecule has 8 heteroatoms. The van der Waals surface area contributed by atoms with Gasteiger partial charge in [-0.15, -0.1) is 0 Å². The summed E-state index contributed by atoms with van der Waals surface area (Å²) in [6.07, 6.45) is 1.17. The van der Waals surface area contributed by atoms with Gasteiger partial charge in [-0.3, -0.25) is 9.48 Å². The molecule has 1 aliphatic rings. The Morgan fingerprint density at radius 3 is 2.52 bits per heavy atom. The van der Waals surface area contributed by atoms with Gasteiger partial charge in [0.1, 0.15) is 11.9 Å². The molecule has 1 N–H and O–H groups in total. The van der Waals surface area contributed by atoms with Crippen LogP contribution in [0.3, 0.4) is 0 Å². The number of carbonyl (C=O) groups excluding carboxylic acids is 1. The average molecular weight is 362 g/mol. The molecule has 7 nitrogen and oxygen atoms in total. The molecule has 1 fully saturated rings. The quantitative estimate of drug-likeness (QED) is 0.899. The van der Waals surface area contributed by atoms with Crippen LogP contribution >= 0.6 is 0 Å². The zero-order valence-electron chi connectivity index (χ0n) is 14.6. The summed E-state index contributed by atoms with van der Waals surface area (Å²) in [5.74, 6) is 0.235. The molecule has 25 heavy (non-hydrogen) atoms. The van der Waals surface area contributed by atoms with Crippen LogP contribution < -0.4 is 5.32 Å². The van der Waals surface area contributed by atoms with Gasteiger partial charge < -0.3 is 5.32 Å². The fourth-order valence-electron chi connectivity index (χ4n) is 3.07. The van der Waals surface area contributed by atoms with Gasteiger partial charge in [-0.25, -0.2) is 8.42 Å². The summed E-state index contributed by atoms with van der Waals surface area (Å²) >= 11 is 0. The first-order valence-electron chi connectivity index (χ1n) is 8.19. The van der Waals surface area contributed by atoms with Crippen molar-refractivity contribution in [2.24, 2.45) is 7.05 Å². The molecular weight excluding hydrogens is 340 g/mol. The Kier molecular flexibility index (Phi) is 4.66. The van der Waals surface area contributed by atoms with Gasteiger partial charge in [0.25, 0.3) is 0 Å². The highest BCUT2D eigenvalue weighted by molar-refractivity contribution is 7.89. The second kappa shape index (κ2) is 6.61. The minimum Gasteiger partial charge on any atom is -0.310 e. The van der Waals surface area contributed by atoms with Crippen LogP contribution in [0.2, 0.25) is 0 Å². The van der Waals surface area contributed by atoms with Crippen molar-refractivity contribution in [1.82, 2.24) is 14.1 Å². The Morgan fingerprint density at radius 2 is 1.92 bits per heavy atom. The van der Waals surface area contributed by atoms with Crippen LogP contribution in [0, 0.1) is 13.8 Å². The maximum absolute atomic E-state index is 12.9. The first kappa shape index (κ1) is 17.6. The second-order valence-corrected chi connectivity index (χ2v) is 8.26. The lowest BCUT2D eigenvalue weighted by atomic mass is 10.2. The van der Waals surface area contributed by atoms with Gasteiger partial charge in [-0.2, -0.15) is 9.40 Å². The molecule has 0 unspecified atom stereocenters. The molecule has 1 aliphatic heterocycles. The van der Waals surface area contributed by atoms with E-state index in [2.05, 4.69) is 10.4 Å². The van der Waals surface area contributed by atoms with E-state index in [0.717, 1.165) is 11.3 Å². The first-order chi connectivity index (χ1) is 11.8. The number of benzene rings is 1. The van der Waals surface area contributed by atoms with E-state index in [-0.39, 0.29) is 10.8 Å². The predicted octanol–water partition coefficient (Wildman–Crippen LogP) is 1.83. The molecule has 2 aromatic rings. The number of carbonyl (C=O) groups is 1. The number of aromatic nitrogens is 2. The molecule has 0 radical (unpaired) electrons. The van der Waals surface area contributed by atoms with Crippen LogP contribution in [-0.4, -0.2) is 41.0 Å². The van der Waals surface area contributed by atoms with Gasteiger partial charge >= 0.3 is 0 Å². The standard InChI is InChI=1S/C17H22N4O3S/c1-12-6-8-14(9-7-12)25(23,24)21-10-4-5-15(21)17(22)18-16-11-13(2)19-20(16)3/h6-9,11,15H,4-5,10H2,1-3H3,(H,18,22)/t15-/m0/s1. The third-order valence-corrected chi connectivity index (χ3v) is 6.31. The third kappa shape index (κ3) is 3.45. The van der Waals surface area contributed by atoms with Crippen molar-refractivity contribution in [3.05, 3.63) is 41.6 Å². The second-order valence-electron chi connectivity index (χ2n) is 6.37. The van der Waals surface area contributed by atoms with Crippen molar-refractivity contribution in [2.75, 3.05) is 11.9 Å². The monoisotopic (exact) mass is 362 g/mol. The van der Waals surface area contributed by atoms with E-state index >= 15 is 0 Å². The fraction of sp³-hybridized carbons (Fsp3) is 0.412. The largest absolute Gasteiger partial charge is 0.310 e. The minimum absolute atomic E-state index is 0.217. The summed E-state index contributed by atoms with van der Waals surface area (Å²) < 4.78 is 28.7. The van der Waals surface area contributed by atoms with Gasteiger partial charge in [0, 0.05) is 19.7 Å². The molecule has 3 rings (SSSR count). The van der Waals surface area contributed by atoms with Gasteiger partial charge in [-0.1, -0.05) is 17.7 Å². The molecule has 0 spiro atoms. The highest BCUT2D eigenvalue weighted by atomic mass is 32.2. The number of hydrogen-bond acceptors (Lipinski definition) is 4. The predicted molar refractivity (Wildman–Crippen MR) is 94.7 cm³/mol. The van der Waals surface area contributed by atoms with Crippen LogP contribution in [0.5, 0.6) is 0 Å². The molecule has 0 saturated carbocycles. The van der Waals surface area contributed by atoms with Crippen LogP contribution in [0.25, 0.3) is 0 Å². The number of amides is 1. The molecule has 1 atom stereocenters. The summed E-state index contributed by atoms with van der Waals surface area (Å²) in [6.45, 7) is 4.08. The smallest absolute Gasteiger partial charge is 0.243 e. The third-order valence-electron chi connectivity index (χ3n) is 4.39. The fourth-order valence-corrected chi connectivity index (χ4v) is 4.73. The lowest BCUT2D eigenvalue weighted by Gasteiger charge is -2.23. The molecule has 0 aliphatic carbocycles. The van der Waals surface area contributed by atoms with Gasteiger partial charge in [-0.05, 0) is 38.8 Å². The van der Waals surface area contributed by atoms with E-state index in [1.165, 1.54) is 4.31 Å². The maximum Gasteiger partial charge on any atom is 0.243 e. The number of aryl methyl sites for hydroxylation is 3. The molecule has 134 valence electrons. The van der Waals surface area contributed by atoms with Gasteiger partial charge in [0.2, 0.25) is 15.9 Å². The lowest BCUT2D eigenvalue weighted by Crippen LogP contribution is -2.43. The Labute approximate surface area is 147 Å². The van der Waals surface area contributed by atoms with Crippen molar-refractivity contribution >= 4 is 21.7 Å². The molecule has 1 aromatic heterocycles. The van der Waals surface area contributed by atoms with E-state index in [1.807, 2.05) is 13.8 Å². The normalized spacial score (nSPS) is 18.4. The molecule has 1 aromatic carbocycles. The van der Waals surface area contributed by atoms with E-state index in [9.17, 15) is 13.2 Å². The molecule has 0 bridgehead atoms. The lowest BCUT2D eigenvalue weighted by molar-refractivity contribution is -0.119. The average Bonchev–Trinajstić information content (AvgIpc) is 3.15. The summed E-state index contributed by atoms with van der Waals surface area (Å²) in [5.41, 5.74) is 1.77. The van der Waals surface area contributed by atoms with E-state index in [1.54, 1.807) is 42.1 Å². The summed E-state index contributed by atoms with van der Waals surface area (Å²) in [6, 6.07) is 7.74. The zero-order valence-corrected chi connectivity index (χ0v) is 15.4. The van der Waals surface area contributed by atoms with Crippen LogP contribution in [0.1, 0.15) is 24.1 Å². The van der Waals surface area contributed by atoms with Crippen molar-refractivity contribution in [3.63, 3.8) is 0 Å². The number of hydrogen-bond donors (Lipinski definition) is 1. The number of anilines is 1. The van der Waals surface area contributed by atoms with Crippen LogP contribution in [0.15, 0.2) is 35.2 Å². The Bertz CT molecular complexity index is 887. The van der Waals surface area contributed by atoms with Gasteiger partial charge in [0.15, 0.2) is 0 Å². The highest BCUT2D eigenvalue weighted by Crippen LogP contribution is 2.27. The van der Waals surface area contributed by atoms with Crippen molar-refractivity contribution < 1.29 is 13.2 Å². The molecule has 1 saturated heterocycles. The van der Waals surface area contributed by atoms with E-state index < -0.39 is 16.1 Å². The Balaban J connectivity index is 1.83. The van der Waals surface area contributed by atoms with Crippen molar-refractivity contribution in [3.8, 4) is 0 Å². The Hall–Kier alpha value is -2.19. The minimum atomic E-state index is -3.70. The topological polar surface area (TPSA) is 84.3 Å². The van der Waals surface area contributed by atoms with Crippen LogP contribution in [-0.2, 0) is 21.9 Å². The highest BCUT2D eigenvalue weighted by Gasteiger charge is 2.39. The molecule has 1 amide bonds. The zero-order chi connectivity index (χ0) is 18.2. The summed E-state index contributed by atoms with van der Waals surface area (Å²) in [5, 5.41) is 6.98. The van der Waals surface area contributed by atoms with Crippen molar-refractivity contribution in [2.45, 2.75) is 37.6 Å². The summed E-state index contributed by atoms with van der Waals surface area (Å²) in [4.78, 5) is 12.9. The Morgan fingerprint density at radius 1 is 1.24 bits per heavy atom. The number of sulfonamides is 1. The summed E-state index contributed by atoms with van der Waals surface area (Å²) in [7, 11) is -1.96. The SMILES string of the molecule is Cc1ccc(S(=O)(=O)N2CCC[C@H]2C(=O)Nc2cc(C)nn2C)cc1. The van der Waals surface area contributed by atoms with E-state index in [4.69, 9.17) is 0 Å². The van der Waals surface area contributed by atoms with Crippen molar-refractivity contribution in [1.29, 1.82) is 0 Å². The number of rotatable bonds is 4.